The molecule has 0 bridgehead atoms. The Morgan fingerprint density at radius 2 is 2.27 bits per heavy atom. The fraction of sp³-hybridized carbons (Fsp3) is 0.545. The predicted octanol–water partition coefficient (Wildman–Crippen LogP) is 1.18. The van der Waals surface area contributed by atoms with Crippen molar-refractivity contribution in [1.29, 1.82) is 0 Å². The highest BCUT2D eigenvalue weighted by Gasteiger charge is 2.09. The minimum absolute atomic E-state index is 0.293. The molecule has 1 unspecified atom stereocenters. The molecule has 1 atom stereocenters. The van der Waals surface area contributed by atoms with Gasteiger partial charge in [0.25, 0.3) is 0 Å². The molecule has 0 amide bonds. The summed E-state index contributed by atoms with van der Waals surface area (Å²) in [5, 5.41) is 9.19. The lowest BCUT2D eigenvalue weighted by Gasteiger charge is -2.21. The molecule has 0 aliphatic rings. The molecule has 0 saturated heterocycles. The molecule has 0 aromatic carbocycles. The Balaban J connectivity index is 2.73. The highest BCUT2D eigenvalue weighted by Crippen LogP contribution is 2.22. The molecule has 1 aromatic rings. The number of pyridine rings is 1. The Kier molecular flexibility index (Phi) is 3.91. The van der Waals surface area contributed by atoms with E-state index < -0.39 is 0 Å². The molecule has 1 rings (SSSR count). The summed E-state index contributed by atoms with van der Waals surface area (Å²) in [5.41, 5.74) is 7.67. The molecule has 0 saturated carbocycles. The van der Waals surface area contributed by atoms with Crippen LogP contribution >= 0.6 is 0 Å². The highest BCUT2D eigenvalue weighted by molar-refractivity contribution is 5.65. The number of rotatable bonds is 4. The lowest BCUT2D eigenvalue weighted by atomic mass is 10.2. The van der Waals surface area contributed by atoms with Crippen LogP contribution in [0.4, 0.5) is 11.5 Å². The summed E-state index contributed by atoms with van der Waals surface area (Å²) in [5.74, 6) is 0.788. The van der Waals surface area contributed by atoms with Gasteiger partial charge >= 0.3 is 0 Å². The van der Waals surface area contributed by atoms with Crippen molar-refractivity contribution in [2.24, 2.45) is 0 Å². The lowest BCUT2D eigenvalue weighted by Crippen LogP contribution is -2.23. The predicted molar refractivity (Wildman–Crippen MR) is 63.0 cm³/mol. The van der Waals surface area contributed by atoms with E-state index in [2.05, 4.69) is 4.98 Å². The first-order chi connectivity index (χ1) is 7.02. The topological polar surface area (TPSA) is 62.4 Å². The zero-order chi connectivity index (χ0) is 11.4. The summed E-state index contributed by atoms with van der Waals surface area (Å²) < 4.78 is 0. The minimum atomic E-state index is -0.293. The van der Waals surface area contributed by atoms with Gasteiger partial charge < -0.3 is 15.7 Å². The number of hydrogen-bond donors (Lipinski definition) is 2. The van der Waals surface area contributed by atoms with Gasteiger partial charge in [0.2, 0.25) is 0 Å². The minimum Gasteiger partial charge on any atom is -0.396 e. The van der Waals surface area contributed by atoms with E-state index in [9.17, 15) is 5.11 Å². The van der Waals surface area contributed by atoms with Crippen molar-refractivity contribution in [3.63, 3.8) is 0 Å². The van der Waals surface area contributed by atoms with Crippen LogP contribution in [0.25, 0.3) is 0 Å². The Labute approximate surface area is 90.7 Å². The van der Waals surface area contributed by atoms with Gasteiger partial charge in [0.1, 0.15) is 0 Å². The number of aryl methyl sites for hydroxylation is 1. The third-order valence-corrected chi connectivity index (χ3v) is 2.43. The van der Waals surface area contributed by atoms with E-state index in [4.69, 9.17) is 5.73 Å². The molecule has 0 fully saturated rings. The van der Waals surface area contributed by atoms with Crippen molar-refractivity contribution in [2.45, 2.75) is 26.4 Å². The number of nitrogen functional groups attached to an aromatic ring is 1. The number of nitrogens with zero attached hydrogens (tertiary/aromatic N) is 2. The van der Waals surface area contributed by atoms with E-state index in [-0.39, 0.29) is 6.10 Å². The molecule has 15 heavy (non-hydrogen) atoms. The summed E-state index contributed by atoms with van der Waals surface area (Å²) in [4.78, 5) is 6.20. The van der Waals surface area contributed by atoms with Gasteiger partial charge in [0.05, 0.1) is 11.8 Å². The first-order valence-corrected chi connectivity index (χ1v) is 5.12. The molecular weight excluding hydrogens is 190 g/mol. The lowest BCUT2D eigenvalue weighted by molar-refractivity contribution is 0.187. The van der Waals surface area contributed by atoms with Crippen molar-refractivity contribution in [1.82, 2.24) is 4.98 Å². The van der Waals surface area contributed by atoms with Gasteiger partial charge in [-0.05, 0) is 31.9 Å². The number of aromatic nitrogens is 1. The van der Waals surface area contributed by atoms with Gasteiger partial charge in [-0.2, -0.15) is 0 Å². The first kappa shape index (κ1) is 11.8. The third kappa shape index (κ3) is 3.09. The first-order valence-electron chi connectivity index (χ1n) is 5.12. The third-order valence-electron chi connectivity index (χ3n) is 2.43. The Bertz CT molecular complexity index is 326. The van der Waals surface area contributed by atoms with E-state index in [1.54, 1.807) is 13.1 Å². The maximum absolute atomic E-state index is 9.19. The van der Waals surface area contributed by atoms with Crippen LogP contribution < -0.4 is 10.6 Å². The molecule has 0 spiro atoms. The molecule has 0 aliphatic carbocycles. The zero-order valence-corrected chi connectivity index (χ0v) is 9.57. The normalized spacial score (nSPS) is 12.5. The maximum atomic E-state index is 9.19. The average Bonchev–Trinajstić information content (AvgIpc) is 2.18. The van der Waals surface area contributed by atoms with Crippen LogP contribution in [0.1, 0.15) is 18.9 Å². The van der Waals surface area contributed by atoms with Gasteiger partial charge in [-0.15, -0.1) is 0 Å². The number of aliphatic hydroxyl groups excluding tert-OH is 1. The molecule has 1 aromatic heterocycles. The Morgan fingerprint density at radius 3 is 2.87 bits per heavy atom. The second-order valence-electron chi connectivity index (χ2n) is 3.92. The van der Waals surface area contributed by atoms with Crippen LogP contribution in [0.5, 0.6) is 0 Å². The zero-order valence-electron chi connectivity index (χ0n) is 9.57. The van der Waals surface area contributed by atoms with Gasteiger partial charge in [0, 0.05) is 19.8 Å². The average molecular weight is 209 g/mol. The number of aliphatic hydroxyl groups is 1. The van der Waals surface area contributed by atoms with Crippen LogP contribution in [0.15, 0.2) is 12.3 Å². The van der Waals surface area contributed by atoms with Crippen molar-refractivity contribution >= 4 is 11.5 Å². The van der Waals surface area contributed by atoms with Crippen molar-refractivity contribution in [3.8, 4) is 0 Å². The largest absolute Gasteiger partial charge is 0.396 e. The Hall–Kier alpha value is -1.29. The summed E-state index contributed by atoms with van der Waals surface area (Å²) in [6, 6.07) is 1.89. The van der Waals surface area contributed by atoms with Crippen LogP contribution in [-0.2, 0) is 0 Å². The molecule has 3 N–H and O–H groups in total. The smallest absolute Gasteiger partial charge is 0.151 e. The number of hydrogen-bond acceptors (Lipinski definition) is 4. The molecule has 4 heteroatoms. The fourth-order valence-corrected chi connectivity index (χ4v) is 1.35. The van der Waals surface area contributed by atoms with Gasteiger partial charge in [0.15, 0.2) is 5.82 Å². The maximum Gasteiger partial charge on any atom is 0.151 e. The second-order valence-corrected chi connectivity index (χ2v) is 3.92. The summed E-state index contributed by atoms with van der Waals surface area (Å²) in [7, 11) is 1.93. The molecule has 0 radical (unpaired) electrons. The van der Waals surface area contributed by atoms with E-state index >= 15 is 0 Å². The number of anilines is 2. The van der Waals surface area contributed by atoms with Crippen LogP contribution in [0.2, 0.25) is 0 Å². The number of nitrogens with two attached hydrogens (primary N) is 1. The van der Waals surface area contributed by atoms with Crippen molar-refractivity contribution in [3.05, 3.63) is 17.8 Å². The van der Waals surface area contributed by atoms with E-state index in [0.29, 0.717) is 12.1 Å². The fourth-order valence-electron chi connectivity index (χ4n) is 1.35. The van der Waals surface area contributed by atoms with Gasteiger partial charge in [-0.3, -0.25) is 0 Å². The molecular formula is C11H19N3O. The van der Waals surface area contributed by atoms with Crippen LogP contribution in [-0.4, -0.2) is 29.8 Å². The molecule has 84 valence electrons. The molecule has 0 aliphatic heterocycles. The van der Waals surface area contributed by atoms with Crippen LogP contribution in [0, 0.1) is 6.92 Å². The standard InChI is InChI=1S/C11H19N3O/c1-8-4-6-13-11(10(8)12)14(3)7-5-9(2)15/h4,6,9,15H,5,7,12H2,1-3H3. The summed E-state index contributed by atoms with van der Waals surface area (Å²) in [6.45, 7) is 4.49. The molecule has 4 nitrogen and oxygen atoms in total. The SMILES string of the molecule is Cc1ccnc(N(C)CCC(C)O)c1N. The summed E-state index contributed by atoms with van der Waals surface area (Å²) >= 11 is 0. The monoisotopic (exact) mass is 209 g/mol. The van der Waals surface area contributed by atoms with E-state index in [0.717, 1.165) is 17.9 Å². The Morgan fingerprint density at radius 1 is 1.60 bits per heavy atom. The molecule has 1 heterocycles. The van der Waals surface area contributed by atoms with Crippen molar-refractivity contribution < 1.29 is 5.11 Å². The van der Waals surface area contributed by atoms with Crippen molar-refractivity contribution in [2.75, 3.05) is 24.2 Å². The summed E-state index contributed by atoms with van der Waals surface area (Å²) in [6.07, 6.45) is 2.17. The van der Waals surface area contributed by atoms with Crippen LogP contribution in [0.3, 0.4) is 0 Å². The highest BCUT2D eigenvalue weighted by atomic mass is 16.3. The van der Waals surface area contributed by atoms with E-state index in [1.807, 2.05) is 24.9 Å². The van der Waals surface area contributed by atoms with Gasteiger partial charge in [-0.1, -0.05) is 0 Å². The quantitative estimate of drug-likeness (QED) is 0.781. The van der Waals surface area contributed by atoms with E-state index in [1.165, 1.54) is 0 Å². The second kappa shape index (κ2) is 4.98. The van der Waals surface area contributed by atoms with Gasteiger partial charge in [-0.25, -0.2) is 4.98 Å².